The standard InChI is InChI=1S/C12H20N4O2/c13-10-4-7-17-8-9(10)11-14-12(15-18-11)16-5-2-1-3-6-16/h9-10H,1-8,13H2. The molecule has 3 heterocycles. The Hall–Kier alpha value is -1.14. The van der Waals surface area contributed by atoms with Crippen molar-refractivity contribution in [3.05, 3.63) is 5.89 Å². The molecule has 6 heteroatoms. The van der Waals surface area contributed by atoms with E-state index in [1.54, 1.807) is 0 Å². The van der Waals surface area contributed by atoms with E-state index in [4.69, 9.17) is 15.0 Å². The van der Waals surface area contributed by atoms with Gasteiger partial charge >= 0.3 is 0 Å². The van der Waals surface area contributed by atoms with Crippen molar-refractivity contribution in [2.45, 2.75) is 37.6 Å². The summed E-state index contributed by atoms with van der Waals surface area (Å²) in [6.45, 7) is 3.35. The maximum Gasteiger partial charge on any atom is 0.266 e. The fraction of sp³-hybridized carbons (Fsp3) is 0.833. The van der Waals surface area contributed by atoms with E-state index in [9.17, 15) is 0 Å². The second-order valence-electron chi connectivity index (χ2n) is 5.11. The van der Waals surface area contributed by atoms with Gasteiger partial charge in [0.05, 0.1) is 12.5 Å². The first kappa shape index (κ1) is 11.9. The topological polar surface area (TPSA) is 77.4 Å². The molecule has 2 N–H and O–H groups in total. The van der Waals surface area contributed by atoms with Gasteiger partial charge in [-0.25, -0.2) is 0 Å². The van der Waals surface area contributed by atoms with Crippen LogP contribution in [0, 0.1) is 0 Å². The van der Waals surface area contributed by atoms with Crippen molar-refractivity contribution in [2.24, 2.45) is 5.73 Å². The van der Waals surface area contributed by atoms with E-state index in [2.05, 4.69) is 15.0 Å². The van der Waals surface area contributed by atoms with Crippen LogP contribution in [-0.2, 0) is 4.74 Å². The molecule has 0 spiro atoms. The van der Waals surface area contributed by atoms with Crippen LogP contribution in [0.15, 0.2) is 4.52 Å². The normalized spacial score (nSPS) is 29.5. The second-order valence-corrected chi connectivity index (χ2v) is 5.11. The smallest absolute Gasteiger partial charge is 0.266 e. The number of rotatable bonds is 2. The number of anilines is 1. The summed E-state index contributed by atoms with van der Waals surface area (Å²) in [5.74, 6) is 1.38. The van der Waals surface area contributed by atoms with Gasteiger partial charge in [-0.2, -0.15) is 4.98 Å². The van der Waals surface area contributed by atoms with E-state index < -0.39 is 0 Å². The van der Waals surface area contributed by atoms with Gasteiger partial charge in [0.2, 0.25) is 5.89 Å². The molecule has 18 heavy (non-hydrogen) atoms. The lowest BCUT2D eigenvalue weighted by atomic mass is 9.97. The van der Waals surface area contributed by atoms with Crippen LogP contribution in [0.4, 0.5) is 5.95 Å². The highest BCUT2D eigenvalue weighted by molar-refractivity contribution is 5.28. The first-order valence-electron chi connectivity index (χ1n) is 6.76. The Morgan fingerprint density at radius 1 is 1.22 bits per heavy atom. The number of aromatic nitrogens is 2. The Labute approximate surface area is 106 Å². The highest BCUT2D eigenvalue weighted by Gasteiger charge is 2.30. The molecule has 0 radical (unpaired) electrons. The average molecular weight is 252 g/mol. The third-order valence-electron chi connectivity index (χ3n) is 3.80. The van der Waals surface area contributed by atoms with E-state index in [1.165, 1.54) is 19.3 Å². The van der Waals surface area contributed by atoms with Crippen molar-refractivity contribution in [3.63, 3.8) is 0 Å². The van der Waals surface area contributed by atoms with Gasteiger partial charge in [0.25, 0.3) is 5.95 Å². The van der Waals surface area contributed by atoms with Gasteiger partial charge in [0.1, 0.15) is 0 Å². The lowest BCUT2D eigenvalue weighted by molar-refractivity contribution is 0.0590. The quantitative estimate of drug-likeness (QED) is 0.842. The molecule has 0 aromatic carbocycles. The zero-order chi connectivity index (χ0) is 12.4. The molecule has 2 aliphatic heterocycles. The summed E-state index contributed by atoms with van der Waals surface area (Å²) in [4.78, 5) is 6.68. The largest absolute Gasteiger partial charge is 0.381 e. The van der Waals surface area contributed by atoms with E-state index in [1.807, 2.05) is 0 Å². The number of nitrogens with two attached hydrogens (primary N) is 1. The maximum atomic E-state index is 6.08. The molecule has 0 bridgehead atoms. The zero-order valence-corrected chi connectivity index (χ0v) is 10.5. The molecular formula is C12H20N4O2. The van der Waals surface area contributed by atoms with Gasteiger partial charge in [-0.3, -0.25) is 0 Å². The minimum absolute atomic E-state index is 0.0461. The van der Waals surface area contributed by atoms with Crippen LogP contribution in [0.3, 0.4) is 0 Å². The van der Waals surface area contributed by atoms with Crippen LogP contribution in [0.1, 0.15) is 37.5 Å². The fourth-order valence-electron chi connectivity index (χ4n) is 2.61. The molecule has 0 saturated carbocycles. The first-order valence-corrected chi connectivity index (χ1v) is 6.76. The first-order chi connectivity index (χ1) is 8.84. The van der Waals surface area contributed by atoms with Crippen molar-refractivity contribution < 1.29 is 9.26 Å². The molecule has 0 aliphatic carbocycles. The van der Waals surface area contributed by atoms with Gasteiger partial charge < -0.3 is 19.9 Å². The van der Waals surface area contributed by atoms with Gasteiger partial charge in [-0.1, -0.05) is 0 Å². The number of hydrogen-bond donors (Lipinski definition) is 1. The Kier molecular flexibility index (Phi) is 3.47. The summed E-state index contributed by atoms with van der Waals surface area (Å²) in [6.07, 6.45) is 4.56. The predicted molar refractivity (Wildman–Crippen MR) is 66.5 cm³/mol. The summed E-state index contributed by atoms with van der Waals surface area (Å²) in [5, 5.41) is 4.08. The Bertz CT molecular complexity index is 389. The Balaban J connectivity index is 1.71. The van der Waals surface area contributed by atoms with E-state index in [0.717, 1.165) is 26.1 Å². The third-order valence-corrected chi connectivity index (χ3v) is 3.80. The van der Waals surface area contributed by atoms with Crippen LogP contribution in [-0.4, -0.2) is 42.5 Å². The molecule has 2 saturated heterocycles. The molecule has 2 atom stereocenters. The molecule has 2 unspecified atom stereocenters. The number of ether oxygens (including phenoxy) is 1. The van der Waals surface area contributed by atoms with Crippen LogP contribution >= 0.6 is 0 Å². The minimum Gasteiger partial charge on any atom is -0.381 e. The van der Waals surface area contributed by atoms with Crippen LogP contribution in [0.2, 0.25) is 0 Å². The van der Waals surface area contributed by atoms with Crippen LogP contribution in [0.25, 0.3) is 0 Å². The van der Waals surface area contributed by atoms with Crippen molar-refractivity contribution in [1.82, 2.24) is 10.1 Å². The number of piperidine rings is 1. The van der Waals surface area contributed by atoms with E-state index in [0.29, 0.717) is 18.4 Å². The van der Waals surface area contributed by atoms with Crippen LogP contribution in [0.5, 0.6) is 0 Å². The zero-order valence-electron chi connectivity index (χ0n) is 10.5. The molecule has 6 nitrogen and oxygen atoms in total. The van der Waals surface area contributed by atoms with Crippen LogP contribution < -0.4 is 10.6 Å². The van der Waals surface area contributed by atoms with Crippen molar-refractivity contribution in [3.8, 4) is 0 Å². The summed E-state index contributed by atoms with van der Waals surface area (Å²) < 4.78 is 10.8. The van der Waals surface area contributed by atoms with Crippen molar-refractivity contribution in [1.29, 1.82) is 0 Å². The second kappa shape index (κ2) is 5.24. The molecular weight excluding hydrogens is 232 g/mol. The minimum atomic E-state index is 0.0461. The van der Waals surface area contributed by atoms with Gasteiger partial charge in [0, 0.05) is 25.7 Å². The highest BCUT2D eigenvalue weighted by Crippen LogP contribution is 2.25. The fourth-order valence-corrected chi connectivity index (χ4v) is 2.61. The van der Waals surface area contributed by atoms with Gasteiger partial charge in [-0.15, -0.1) is 0 Å². The summed E-state index contributed by atoms with van der Waals surface area (Å²) in [7, 11) is 0. The molecule has 2 fully saturated rings. The Morgan fingerprint density at radius 3 is 2.83 bits per heavy atom. The Morgan fingerprint density at radius 2 is 2.06 bits per heavy atom. The highest BCUT2D eigenvalue weighted by atomic mass is 16.5. The summed E-state index contributed by atoms with van der Waals surface area (Å²) >= 11 is 0. The predicted octanol–water partition coefficient (Wildman–Crippen LogP) is 0.891. The lowest BCUT2D eigenvalue weighted by Gasteiger charge is -2.26. The summed E-state index contributed by atoms with van der Waals surface area (Å²) in [5.41, 5.74) is 6.08. The van der Waals surface area contributed by atoms with Crippen molar-refractivity contribution >= 4 is 5.95 Å². The summed E-state index contributed by atoms with van der Waals surface area (Å²) in [6, 6.07) is 0.0633. The molecule has 1 aromatic heterocycles. The maximum absolute atomic E-state index is 6.08. The van der Waals surface area contributed by atoms with Crippen molar-refractivity contribution in [2.75, 3.05) is 31.2 Å². The SMILES string of the molecule is NC1CCOCC1c1nc(N2CCCCC2)no1. The number of hydrogen-bond acceptors (Lipinski definition) is 6. The van der Waals surface area contributed by atoms with Gasteiger partial charge in [0.15, 0.2) is 0 Å². The van der Waals surface area contributed by atoms with E-state index >= 15 is 0 Å². The van der Waals surface area contributed by atoms with Gasteiger partial charge in [-0.05, 0) is 30.8 Å². The molecule has 3 rings (SSSR count). The van der Waals surface area contributed by atoms with E-state index in [-0.39, 0.29) is 12.0 Å². The molecule has 1 aromatic rings. The number of nitrogens with zero attached hydrogens (tertiary/aromatic N) is 3. The average Bonchev–Trinajstić information content (AvgIpc) is 2.90. The lowest BCUT2D eigenvalue weighted by Crippen LogP contribution is -2.37. The third kappa shape index (κ3) is 2.35. The molecule has 2 aliphatic rings. The molecule has 100 valence electrons. The molecule has 0 amide bonds. The monoisotopic (exact) mass is 252 g/mol.